The van der Waals surface area contributed by atoms with Crippen LogP contribution in [0.2, 0.25) is 0 Å². The van der Waals surface area contributed by atoms with Gasteiger partial charge < -0.3 is 10.1 Å². The third-order valence-corrected chi connectivity index (χ3v) is 3.91. The largest absolute Gasteiger partial charge is 0.487 e. The molecule has 0 radical (unpaired) electrons. The highest BCUT2D eigenvalue weighted by atomic mass is 19.1. The second-order valence-corrected chi connectivity index (χ2v) is 5.55. The number of ether oxygens (including phenoxy) is 1. The average Bonchev–Trinajstić information content (AvgIpc) is 2.35. The Balaban J connectivity index is 1.92. The van der Waals surface area contributed by atoms with Crippen molar-refractivity contribution in [2.24, 2.45) is 0 Å². The van der Waals surface area contributed by atoms with Crippen molar-refractivity contribution in [2.75, 3.05) is 13.1 Å². The quantitative estimate of drug-likeness (QED) is 0.757. The lowest BCUT2D eigenvalue weighted by atomic mass is 9.77. The van der Waals surface area contributed by atoms with Crippen LogP contribution in [0.25, 0.3) is 0 Å². The van der Waals surface area contributed by atoms with Gasteiger partial charge in [-0.2, -0.15) is 0 Å². The van der Waals surface area contributed by atoms with E-state index < -0.39 is 0 Å². The SMILES string of the molecule is CCCNCCC1(Oc2ccc(F)c(C)c2)CCC1. The van der Waals surface area contributed by atoms with Crippen LogP contribution in [0.1, 0.15) is 44.6 Å². The maximum atomic E-state index is 13.2. The minimum absolute atomic E-state index is 0.0228. The number of hydrogen-bond acceptors (Lipinski definition) is 2. The van der Waals surface area contributed by atoms with Crippen LogP contribution in [0, 0.1) is 12.7 Å². The minimum Gasteiger partial charge on any atom is -0.487 e. The predicted octanol–water partition coefficient (Wildman–Crippen LogP) is 3.83. The van der Waals surface area contributed by atoms with E-state index in [1.54, 1.807) is 19.1 Å². The molecule has 0 aliphatic heterocycles. The van der Waals surface area contributed by atoms with Gasteiger partial charge in [0.15, 0.2) is 0 Å². The molecule has 106 valence electrons. The van der Waals surface area contributed by atoms with Crippen molar-refractivity contribution in [1.29, 1.82) is 0 Å². The molecule has 1 fully saturated rings. The molecule has 1 saturated carbocycles. The van der Waals surface area contributed by atoms with E-state index in [1.807, 2.05) is 0 Å². The van der Waals surface area contributed by atoms with Gasteiger partial charge in [0.05, 0.1) is 0 Å². The van der Waals surface area contributed by atoms with E-state index >= 15 is 0 Å². The molecule has 1 aromatic rings. The van der Waals surface area contributed by atoms with E-state index in [4.69, 9.17) is 4.74 Å². The van der Waals surface area contributed by atoms with E-state index in [1.165, 1.54) is 12.5 Å². The predicted molar refractivity (Wildman–Crippen MR) is 76.1 cm³/mol. The summed E-state index contributed by atoms with van der Waals surface area (Å²) in [6, 6.07) is 5.03. The highest BCUT2D eigenvalue weighted by Crippen LogP contribution is 2.39. The summed E-state index contributed by atoms with van der Waals surface area (Å²) in [4.78, 5) is 0. The highest BCUT2D eigenvalue weighted by molar-refractivity contribution is 5.29. The van der Waals surface area contributed by atoms with Crippen molar-refractivity contribution in [1.82, 2.24) is 5.32 Å². The first-order valence-electron chi connectivity index (χ1n) is 7.31. The van der Waals surface area contributed by atoms with E-state index in [0.29, 0.717) is 5.56 Å². The fourth-order valence-corrected chi connectivity index (χ4v) is 2.52. The molecule has 19 heavy (non-hydrogen) atoms. The Kier molecular flexibility index (Phi) is 4.81. The van der Waals surface area contributed by atoms with Crippen LogP contribution < -0.4 is 10.1 Å². The lowest BCUT2D eigenvalue weighted by Crippen LogP contribution is -2.45. The second-order valence-electron chi connectivity index (χ2n) is 5.55. The average molecular weight is 265 g/mol. The van der Waals surface area contributed by atoms with Crippen molar-refractivity contribution in [3.63, 3.8) is 0 Å². The van der Waals surface area contributed by atoms with E-state index in [2.05, 4.69) is 12.2 Å². The molecule has 1 N–H and O–H groups in total. The lowest BCUT2D eigenvalue weighted by Gasteiger charge is -2.42. The van der Waals surface area contributed by atoms with Gasteiger partial charge in [-0.15, -0.1) is 0 Å². The highest BCUT2D eigenvalue weighted by Gasteiger charge is 2.38. The summed E-state index contributed by atoms with van der Waals surface area (Å²) in [6.07, 6.45) is 5.64. The molecule has 1 aromatic carbocycles. The number of benzene rings is 1. The Morgan fingerprint density at radius 3 is 2.68 bits per heavy atom. The van der Waals surface area contributed by atoms with Crippen molar-refractivity contribution in [2.45, 2.75) is 51.6 Å². The van der Waals surface area contributed by atoms with Crippen LogP contribution in [0.3, 0.4) is 0 Å². The van der Waals surface area contributed by atoms with Crippen molar-refractivity contribution < 1.29 is 9.13 Å². The van der Waals surface area contributed by atoms with Gasteiger partial charge in [0.2, 0.25) is 0 Å². The minimum atomic E-state index is -0.167. The molecule has 0 heterocycles. The number of hydrogen-bond donors (Lipinski definition) is 1. The van der Waals surface area contributed by atoms with Crippen molar-refractivity contribution in [3.05, 3.63) is 29.6 Å². The molecular weight excluding hydrogens is 241 g/mol. The molecule has 0 amide bonds. The number of rotatable bonds is 7. The van der Waals surface area contributed by atoms with Crippen LogP contribution in [0.15, 0.2) is 18.2 Å². The normalized spacial score (nSPS) is 17.0. The summed E-state index contributed by atoms with van der Waals surface area (Å²) in [7, 11) is 0. The van der Waals surface area contributed by atoms with E-state index in [-0.39, 0.29) is 11.4 Å². The van der Waals surface area contributed by atoms with Gasteiger partial charge in [0.1, 0.15) is 17.2 Å². The summed E-state index contributed by atoms with van der Waals surface area (Å²) in [5, 5.41) is 3.43. The fraction of sp³-hybridized carbons (Fsp3) is 0.625. The van der Waals surface area contributed by atoms with Crippen LogP contribution in [0.4, 0.5) is 4.39 Å². The smallest absolute Gasteiger partial charge is 0.126 e. The van der Waals surface area contributed by atoms with E-state index in [9.17, 15) is 4.39 Å². The number of nitrogens with one attached hydrogen (secondary N) is 1. The molecule has 2 rings (SSSR count). The Morgan fingerprint density at radius 2 is 2.11 bits per heavy atom. The maximum absolute atomic E-state index is 13.2. The molecule has 3 heteroatoms. The van der Waals surface area contributed by atoms with E-state index in [0.717, 1.165) is 44.5 Å². The molecule has 0 spiro atoms. The molecular formula is C16H24FNO. The van der Waals surface area contributed by atoms with Crippen LogP contribution >= 0.6 is 0 Å². The summed E-state index contributed by atoms with van der Waals surface area (Å²) in [6.45, 7) is 6.00. The topological polar surface area (TPSA) is 21.3 Å². The summed E-state index contributed by atoms with van der Waals surface area (Å²) < 4.78 is 19.4. The molecule has 2 nitrogen and oxygen atoms in total. The number of halogens is 1. The maximum Gasteiger partial charge on any atom is 0.126 e. The first-order valence-corrected chi connectivity index (χ1v) is 7.31. The first-order chi connectivity index (χ1) is 9.15. The van der Waals surface area contributed by atoms with Gasteiger partial charge in [-0.25, -0.2) is 4.39 Å². The summed E-state index contributed by atoms with van der Waals surface area (Å²) in [5.41, 5.74) is 0.626. The standard InChI is InChI=1S/C16H24FNO/c1-3-10-18-11-9-16(7-4-8-16)19-14-5-6-15(17)13(2)12-14/h5-6,12,18H,3-4,7-11H2,1-2H3. The van der Waals surface area contributed by atoms with Crippen molar-refractivity contribution in [3.8, 4) is 5.75 Å². The zero-order chi connectivity index (χ0) is 13.7. The van der Waals surface area contributed by atoms with Crippen LogP contribution in [-0.2, 0) is 0 Å². The van der Waals surface area contributed by atoms with Gasteiger partial charge in [-0.05, 0) is 75.9 Å². The third kappa shape index (κ3) is 3.69. The molecule has 0 atom stereocenters. The molecule has 0 bridgehead atoms. The zero-order valence-corrected chi connectivity index (χ0v) is 12.0. The Hall–Kier alpha value is -1.09. The Bertz CT molecular complexity index is 415. The van der Waals surface area contributed by atoms with Gasteiger partial charge in [-0.3, -0.25) is 0 Å². The second kappa shape index (κ2) is 6.38. The molecule has 1 aliphatic carbocycles. The lowest BCUT2D eigenvalue weighted by molar-refractivity contribution is -0.0142. The van der Waals surface area contributed by atoms with Crippen LogP contribution in [0.5, 0.6) is 5.75 Å². The fourth-order valence-electron chi connectivity index (χ4n) is 2.52. The zero-order valence-electron chi connectivity index (χ0n) is 12.0. The van der Waals surface area contributed by atoms with Gasteiger partial charge in [0.25, 0.3) is 0 Å². The Labute approximate surface area is 115 Å². The van der Waals surface area contributed by atoms with Gasteiger partial charge in [0, 0.05) is 0 Å². The molecule has 0 saturated heterocycles. The molecule has 0 unspecified atom stereocenters. The monoisotopic (exact) mass is 265 g/mol. The third-order valence-electron chi connectivity index (χ3n) is 3.91. The van der Waals surface area contributed by atoms with Crippen LogP contribution in [-0.4, -0.2) is 18.7 Å². The Morgan fingerprint density at radius 1 is 1.32 bits per heavy atom. The summed E-state index contributed by atoms with van der Waals surface area (Å²) >= 11 is 0. The molecule has 1 aliphatic rings. The van der Waals surface area contributed by atoms with Crippen molar-refractivity contribution >= 4 is 0 Å². The van der Waals surface area contributed by atoms with Gasteiger partial charge in [-0.1, -0.05) is 6.92 Å². The number of aryl methyl sites for hydroxylation is 1. The molecule has 0 aromatic heterocycles. The van der Waals surface area contributed by atoms with Gasteiger partial charge >= 0.3 is 0 Å². The first kappa shape index (κ1) is 14.3. The summed E-state index contributed by atoms with van der Waals surface area (Å²) in [5.74, 6) is 0.633.